The van der Waals surface area contributed by atoms with Gasteiger partial charge >= 0.3 is 0 Å². The highest BCUT2D eigenvalue weighted by atomic mass is 79.9. The molecular weight excluding hydrogens is 419 g/mol. The molecule has 1 atom stereocenters. The highest BCUT2D eigenvalue weighted by molar-refractivity contribution is 9.10. The number of methoxy groups -OCH3 is 1. The monoisotopic (exact) mass is 436 g/mol. The molecule has 26 heavy (non-hydrogen) atoms. The first-order valence-electron chi connectivity index (χ1n) is 8.17. The largest absolute Gasteiger partial charge is 0.497 e. The second-order valence-corrected chi connectivity index (χ2v) is 7.61. The molecule has 1 fully saturated rings. The van der Waals surface area contributed by atoms with Gasteiger partial charge in [-0.25, -0.2) is 9.38 Å². The zero-order valence-corrected chi connectivity index (χ0v) is 16.8. The first-order valence-corrected chi connectivity index (χ1v) is 9.95. The molecule has 136 valence electrons. The van der Waals surface area contributed by atoms with Crippen LogP contribution in [-0.2, 0) is 0 Å². The number of amidine groups is 1. The van der Waals surface area contributed by atoms with Crippen LogP contribution in [-0.4, -0.2) is 34.9 Å². The molecule has 3 rings (SSSR count). The normalized spacial score (nSPS) is 18.4. The van der Waals surface area contributed by atoms with E-state index in [2.05, 4.69) is 20.9 Å². The van der Waals surface area contributed by atoms with Crippen LogP contribution in [0.15, 0.2) is 51.9 Å². The van der Waals surface area contributed by atoms with Crippen LogP contribution >= 0.6 is 27.7 Å². The fourth-order valence-corrected chi connectivity index (χ4v) is 4.46. The highest BCUT2D eigenvalue weighted by Crippen LogP contribution is 2.32. The van der Waals surface area contributed by atoms with Crippen molar-refractivity contribution in [2.24, 2.45) is 4.99 Å². The van der Waals surface area contributed by atoms with Gasteiger partial charge in [0.15, 0.2) is 5.17 Å². The Morgan fingerprint density at radius 1 is 1.35 bits per heavy atom. The molecule has 0 aromatic heterocycles. The van der Waals surface area contributed by atoms with Crippen molar-refractivity contribution in [3.05, 3.63) is 58.3 Å². The third-order valence-corrected chi connectivity index (χ3v) is 5.88. The van der Waals surface area contributed by atoms with E-state index in [-0.39, 0.29) is 17.8 Å². The molecule has 0 bridgehead atoms. The van der Waals surface area contributed by atoms with E-state index in [1.807, 2.05) is 31.2 Å². The standard InChI is InChI=1S/C19H18BrFN2O2S/c1-3-14-11-26-19(22-13-5-7-15(25-2)8-6-13)23(14)18(24)16-9-4-12(21)10-17(16)20/h4-10,14H,3,11H2,1-2H3. The molecule has 2 aromatic carbocycles. The summed E-state index contributed by atoms with van der Waals surface area (Å²) in [7, 11) is 1.61. The van der Waals surface area contributed by atoms with Gasteiger partial charge < -0.3 is 4.74 Å². The lowest BCUT2D eigenvalue weighted by atomic mass is 10.1. The van der Waals surface area contributed by atoms with Crippen molar-refractivity contribution in [1.82, 2.24) is 4.90 Å². The number of thioether (sulfide) groups is 1. The fourth-order valence-electron chi connectivity index (χ4n) is 2.67. The summed E-state index contributed by atoms with van der Waals surface area (Å²) in [6.07, 6.45) is 0.819. The molecule has 1 saturated heterocycles. The summed E-state index contributed by atoms with van der Waals surface area (Å²) >= 11 is 4.85. The molecule has 1 amide bonds. The van der Waals surface area contributed by atoms with Crippen molar-refractivity contribution in [2.45, 2.75) is 19.4 Å². The Hall–Kier alpha value is -1.86. The predicted octanol–water partition coefficient (Wildman–Crippen LogP) is 5.25. The first-order chi connectivity index (χ1) is 12.5. The van der Waals surface area contributed by atoms with Crippen LogP contribution in [0.1, 0.15) is 23.7 Å². The lowest BCUT2D eigenvalue weighted by molar-refractivity contribution is 0.0818. The molecule has 7 heteroatoms. The zero-order chi connectivity index (χ0) is 18.7. The number of rotatable bonds is 4. The number of halogens is 2. The van der Waals surface area contributed by atoms with E-state index < -0.39 is 0 Å². The molecule has 2 aromatic rings. The van der Waals surface area contributed by atoms with Gasteiger partial charge in [0.05, 0.1) is 18.4 Å². The Morgan fingerprint density at radius 3 is 2.69 bits per heavy atom. The second-order valence-electron chi connectivity index (χ2n) is 5.76. The lowest BCUT2D eigenvalue weighted by Gasteiger charge is -2.23. The number of ether oxygens (including phenoxy) is 1. The van der Waals surface area contributed by atoms with Crippen molar-refractivity contribution in [2.75, 3.05) is 12.9 Å². The molecule has 4 nitrogen and oxygen atoms in total. The molecular formula is C19H18BrFN2O2S. The Balaban J connectivity index is 1.94. The van der Waals surface area contributed by atoms with Crippen molar-refractivity contribution >= 4 is 44.5 Å². The highest BCUT2D eigenvalue weighted by Gasteiger charge is 2.35. The smallest absolute Gasteiger partial charge is 0.261 e. The molecule has 0 aliphatic carbocycles. The summed E-state index contributed by atoms with van der Waals surface area (Å²) in [5.41, 5.74) is 1.18. The van der Waals surface area contributed by atoms with Crippen LogP contribution in [0.25, 0.3) is 0 Å². The second kappa shape index (κ2) is 8.22. The summed E-state index contributed by atoms with van der Waals surface area (Å²) in [5, 5.41) is 0.656. The summed E-state index contributed by atoms with van der Waals surface area (Å²) in [6.45, 7) is 2.04. The van der Waals surface area contributed by atoms with Crippen LogP contribution in [0.2, 0.25) is 0 Å². The minimum atomic E-state index is -0.386. The fraction of sp³-hybridized carbons (Fsp3) is 0.263. The van der Waals surface area contributed by atoms with E-state index in [0.29, 0.717) is 15.2 Å². The van der Waals surface area contributed by atoms with Crippen LogP contribution in [0.4, 0.5) is 10.1 Å². The number of amides is 1. The molecule has 1 aliphatic heterocycles. The topological polar surface area (TPSA) is 41.9 Å². The molecule has 1 aliphatic rings. The van der Waals surface area contributed by atoms with Gasteiger partial charge in [0.2, 0.25) is 0 Å². The Bertz CT molecular complexity index is 842. The third-order valence-electron chi connectivity index (χ3n) is 4.12. The number of hydrogen-bond donors (Lipinski definition) is 0. The molecule has 0 N–H and O–H groups in total. The summed E-state index contributed by atoms with van der Waals surface area (Å²) in [6, 6.07) is 11.5. The number of carbonyl (C=O) groups excluding carboxylic acids is 1. The average molecular weight is 437 g/mol. The molecule has 0 spiro atoms. The Morgan fingerprint density at radius 2 is 2.08 bits per heavy atom. The minimum Gasteiger partial charge on any atom is -0.497 e. The molecule has 0 radical (unpaired) electrons. The number of aliphatic imine (C=N–C) groups is 1. The first kappa shape index (κ1) is 18.9. The van der Waals surface area contributed by atoms with Crippen molar-refractivity contribution in [3.8, 4) is 5.75 Å². The third kappa shape index (κ3) is 3.94. The summed E-state index contributed by atoms with van der Waals surface area (Å²) in [4.78, 5) is 19.5. The van der Waals surface area contributed by atoms with Gasteiger partial charge in [0.25, 0.3) is 5.91 Å². The minimum absolute atomic E-state index is 0.0569. The van der Waals surface area contributed by atoms with Crippen LogP contribution in [0, 0.1) is 5.82 Å². The number of hydrogen-bond acceptors (Lipinski definition) is 4. The lowest BCUT2D eigenvalue weighted by Crippen LogP contribution is -2.39. The van der Waals surface area contributed by atoms with Gasteiger partial charge in [-0.15, -0.1) is 0 Å². The maximum Gasteiger partial charge on any atom is 0.261 e. The van der Waals surface area contributed by atoms with Gasteiger partial charge in [0.1, 0.15) is 11.6 Å². The van der Waals surface area contributed by atoms with E-state index >= 15 is 0 Å². The molecule has 1 heterocycles. The Kier molecular flexibility index (Phi) is 5.98. The van der Waals surface area contributed by atoms with E-state index in [9.17, 15) is 9.18 Å². The zero-order valence-electron chi connectivity index (χ0n) is 14.4. The summed E-state index contributed by atoms with van der Waals surface area (Å²) < 4.78 is 19.0. The molecule has 0 saturated carbocycles. The number of nitrogens with zero attached hydrogens (tertiary/aromatic N) is 2. The maximum absolute atomic E-state index is 13.4. The van der Waals surface area contributed by atoms with Gasteiger partial charge in [-0.3, -0.25) is 9.69 Å². The summed E-state index contributed by atoms with van der Waals surface area (Å²) in [5.74, 6) is 0.975. The van der Waals surface area contributed by atoms with Gasteiger partial charge in [-0.2, -0.15) is 0 Å². The van der Waals surface area contributed by atoms with E-state index in [4.69, 9.17) is 4.74 Å². The quantitative estimate of drug-likeness (QED) is 0.656. The Labute approximate surface area is 164 Å². The van der Waals surface area contributed by atoms with Gasteiger partial charge in [0, 0.05) is 16.3 Å². The predicted molar refractivity (Wildman–Crippen MR) is 107 cm³/mol. The number of carbonyl (C=O) groups is 1. The SMILES string of the molecule is CCC1CSC(=Nc2ccc(OC)cc2)N1C(=O)c1ccc(F)cc1Br. The number of benzene rings is 2. The van der Waals surface area contributed by atoms with Gasteiger partial charge in [-0.05, 0) is 64.8 Å². The van der Waals surface area contributed by atoms with Crippen molar-refractivity contribution in [1.29, 1.82) is 0 Å². The molecule has 1 unspecified atom stereocenters. The van der Waals surface area contributed by atoms with Crippen LogP contribution in [0.3, 0.4) is 0 Å². The average Bonchev–Trinajstić information content (AvgIpc) is 3.04. The van der Waals surface area contributed by atoms with E-state index in [0.717, 1.165) is 23.6 Å². The van der Waals surface area contributed by atoms with Crippen LogP contribution in [0.5, 0.6) is 5.75 Å². The van der Waals surface area contributed by atoms with Crippen molar-refractivity contribution in [3.63, 3.8) is 0 Å². The maximum atomic E-state index is 13.4. The van der Waals surface area contributed by atoms with E-state index in [1.54, 1.807) is 23.8 Å². The van der Waals surface area contributed by atoms with Crippen LogP contribution < -0.4 is 4.74 Å². The van der Waals surface area contributed by atoms with Crippen molar-refractivity contribution < 1.29 is 13.9 Å². The van der Waals surface area contributed by atoms with E-state index in [1.165, 1.54) is 18.2 Å². The van der Waals surface area contributed by atoms with Gasteiger partial charge in [-0.1, -0.05) is 18.7 Å².